The molecule has 2 N–H and O–H groups in total. The number of nitrogens with zero attached hydrogens (tertiary/aromatic N) is 2. The van der Waals surface area contributed by atoms with Gasteiger partial charge in [0.2, 0.25) is 5.78 Å². The minimum Gasteiger partial charge on any atom is -0.480 e. The molecule has 1 atom stereocenters. The molecule has 2 aromatic rings. The second kappa shape index (κ2) is 6.86. The largest absolute Gasteiger partial charge is 0.480 e. The number of aromatic amines is 1. The number of carboxylic acid groups (broad SMARTS) is 1. The molecule has 0 fully saturated rings. The lowest BCUT2D eigenvalue weighted by molar-refractivity contribution is -0.138. The third kappa shape index (κ3) is 3.30. The molecule has 6 nitrogen and oxygen atoms in total. The van der Waals surface area contributed by atoms with E-state index in [2.05, 4.69) is 28.8 Å². The van der Waals surface area contributed by atoms with Crippen LogP contribution in [-0.2, 0) is 16.0 Å². The van der Waals surface area contributed by atoms with Gasteiger partial charge in [0.05, 0.1) is 12.0 Å². The Morgan fingerprint density at radius 2 is 2.04 bits per heavy atom. The zero-order valence-corrected chi connectivity index (χ0v) is 16.0. The van der Waals surface area contributed by atoms with Crippen molar-refractivity contribution in [2.75, 3.05) is 0 Å². The van der Waals surface area contributed by atoms with Crippen molar-refractivity contribution in [2.45, 2.75) is 45.6 Å². The van der Waals surface area contributed by atoms with Crippen molar-refractivity contribution in [1.82, 2.24) is 9.97 Å². The summed E-state index contributed by atoms with van der Waals surface area (Å²) in [6.07, 6.45) is 5.76. The Morgan fingerprint density at radius 3 is 2.71 bits per heavy atom. The van der Waals surface area contributed by atoms with Crippen molar-refractivity contribution in [3.63, 3.8) is 0 Å². The van der Waals surface area contributed by atoms with E-state index >= 15 is 0 Å². The number of aliphatic imine (C=N–C) groups is 1. The van der Waals surface area contributed by atoms with Crippen molar-refractivity contribution in [2.24, 2.45) is 10.4 Å². The predicted octanol–water partition coefficient (Wildman–Crippen LogP) is 3.44. The van der Waals surface area contributed by atoms with E-state index in [1.807, 2.05) is 24.3 Å². The third-order valence-corrected chi connectivity index (χ3v) is 5.60. The molecule has 0 saturated heterocycles. The van der Waals surface area contributed by atoms with Crippen LogP contribution in [0.2, 0.25) is 0 Å². The van der Waals surface area contributed by atoms with Crippen LogP contribution in [0.5, 0.6) is 0 Å². The number of hydrogen-bond acceptors (Lipinski definition) is 4. The number of benzene rings is 1. The highest BCUT2D eigenvalue weighted by Crippen LogP contribution is 2.46. The second-order valence-corrected chi connectivity index (χ2v) is 8.27. The van der Waals surface area contributed by atoms with Gasteiger partial charge < -0.3 is 10.1 Å². The molecular weight excluding hydrogens is 354 g/mol. The van der Waals surface area contributed by atoms with Crippen LogP contribution in [0, 0.1) is 5.41 Å². The summed E-state index contributed by atoms with van der Waals surface area (Å²) in [5, 5.41) is 9.67. The van der Waals surface area contributed by atoms with Gasteiger partial charge in [-0.05, 0) is 35.8 Å². The highest BCUT2D eigenvalue weighted by atomic mass is 16.4. The van der Waals surface area contributed by atoms with E-state index in [4.69, 9.17) is 0 Å². The SMILES string of the molecule is CC1(C)CCC2=C(C1)c1ccccc1/C(=N/C(Cc1c[nH]cn1)C(=O)O)C2=O. The van der Waals surface area contributed by atoms with Crippen LogP contribution in [0.1, 0.15) is 49.9 Å². The van der Waals surface area contributed by atoms with Crippen LogP contribution < -0.4 is 0 Å². The highest BCUT2D eigenvalue weighted by Gasteiger charge is 2.37. The van der Waals surface area contributed by atoms with E-state index in [9.17, 15) is 14.7 Å². The Hall–Kier alpha value is -3.02. The molecule has 0 saturated carbocycles. The normalized spacial score (nSPS) is 20.6. The number of carbonyl (C=O) groups excluding carboxylic acids is 1. The molecule has 0 bridgehead atoms. The zero-order valence-electron chi connectivity index (χ0n) is 16.0. The quantitative estimate of drug-likeness (QED) is 0.853. The monoisotopic (exact) mass is 377 g/mol. The van der Waals surface area contributed by atoms with E-state index in [0.717, 1.165) is 35.1 Å². The van der Waals surface area contributed by atoms with Crippen molar-refractivity contribution < 1.29 is 14.7 Å². The topological polar surface area (TPSA) is 95.4 Å². The summed E-state index contributed by atoms with van der Waals surface area (Å²) in [7, 11) is 0. The molecule has 2 aliphatic rings. The molecule has 0 aliphatic heterocycles. The van der Waals surface area contributed by atoms with Crippen molar-refractivity contribution in [3.05, 3.63) is 59.2 Å². The van der Waals surface area contributed by atoms with E-state index in [1.165, 1.54) is 6.33 Å². The van der Waals surface area contributed by atoms with Crippen molar-refractivity contribution >= 4 is 23.0 Å². The molecule has 4 rings (SSSR count). The Bertz CT molecular complexity index is 1000. The fourth-order valence-corrected chi connectivity index (χ4v) is 4.09. The van der Waals surface area contributed by atoms with Crippen LogP contribution in [0.3, 0.4) is 0 Å². The van der Waals surface area contributed by atoms with Crippen LogP contribution >= 0.6 is 0 Å². The summed E-state index contributed by atoms with van der Waals surface area (Å²) in [5.74, 6) is -1.19. The Kier molecular flexibility index (Phi) is 4.49. The van der Waals surface area contributed by atoms with Crippen LogP contribution in [0.25, 0.3) is 5.57 Å². The predicted molar refractivity (Wildman–Crippen MR) is 106 cm³/mol. The van der Waals surface area contributed by atoms with Gasteiger partial charge in [-0.2, -0.15) is 0 Å². The molecule has 0 spiro atoms. The van der Waals surface area contributed by atoms with Gasteiger partial charge in [0.1, 0.15) is 5.71 Å². The van der Waals surface area contributed by atoms with Gasteiger partial charge >= 0.3 is 5.97 Å². The second-order valence-electron chi connectivity index (χ2n) is 8.27. The summed E-state index contributed by atoms with van der Waals surface area (Å²) >= 11 is 0. The van der Waals surface area contributed by atoms with Gasteiger partial charge in [0, 0.05) is 23.8 Å². The Morgan fingerprint density at radius 1 is 1.29 bits per heavy atom. The summed E-state index contributed by atoms with van der Waals surface area (Å²) in [6.45, 7) is 4.44. The number of nitrogens with one attached hydrogen (secondary N) is 1. The molecule has 28 heavy (non-hydrogen) atoms. The van der Waals surface area contributed by atoms with Crippen LogP contribution in [0.15, 0.2) is 47.4 Å². The molecule has 1 aromatic heterocycles. The number of hydrogen-bond donors (Lipinski definition) is 2. The summed E-state index contributed by atoms with van der Waals surface area (Å²) < 4.78 is 0. The number of rotatable bonds is 4. The maximum atomic E-state index is 13.3. The van der Waals surface area contributed by atoms with Gasteiger partial charge in [-0.1, -0.05) is 38.1 Å². The number of aromatic nitrogens is 2. The number of allylic oxidation sites excluding steroid dienone is 2. The van der Waals surface area contributed by atoms with E-state index in [0.29, 0.717) is 12.1 Å². The highest BCUT2D eigenvalue weighted by molar-refractivity contribution is 6.54. The fraction of sp³-hybridized carbons (Fsp3) is 0.364. The number of aliphatic carboxylic acids is 1. The van der Waals surface area contributed by atoms with Crippen molar-refractivity contribution in [3.8, 4) is 0 Å². The lowest BCUT2D eigenvalue weighted by atomic mass is 9.68. The first-order valence-electron chi connectivity index (χ1n) is 9.50. The minimum atomic E-state index is -1.06. The number of ketones is 1. The summed E-state index contributed by atoms with van der Waals surface area (Å²) in [4.78, 5) is 36.5. The molecule has 0 radical (unpaired) electrons. The summed E-state index contributed by atoms with van der Waals surface area (Å²) in [6, 6.07) is 6.64. The lowest BCUT2D eigenvalue weighted by Crippen LogP contribution is -2.33. The van der Waals surface area contributed by atoms with E-state index in [-0.39, 0.29) is 23.3 Å². The average molecular weight is 377 g/mol. The number of H-pyrrole nitrogens is 1. The Labute approximate surface area is 163 Å². The third-order valence-electron chi connectivity index (χ3n) is 5.60. The van der Waals surface area contributed by atoms with E-state index < -0.39 is 12.0 Å². The first kappa shape index (κ1) is 18.3. The maximum absolute atomic E-state index is 13.3. The number of carbonyl (C=O) groups is 2. The van der Waals surface area contributed by atoms with E-state index in [1.54, 1.807) is 6.20 Å². The molecule has 1 heterocycles. The number of carboxylic acids is 1. The standard InChI is InChI=1S/C22H23N3O3/c1-22(2)8-7-16-17(10-22)14-5-3-4-6-15(14)19(20(16)26)25-18(21(27)28)9-13-11-23-12-24-13/h3-6,11-12,18H,7-10H2,1-2H3,(H,23,24)(H,27,28)/b25-19-. The first-order chi connectivity index (χ1) is 13.4. The fourth-order valence-electron chi connectivity index (χ4n) is 4.09. The maximum Gasteiger partial charge on any atom is 0.328 e. The molecule has 2 aliphatic carbocycles. The number of Topliss-reactive ketones (excluding diaryl/α,β-unsaturated/α-hetero) is 1. The lowest BCUT2D eigenvalue weighted by Gasteiger charge is -2.36. The number of imidazole rings is 1. The smallest absolute Gasteiger partial charge is 0.328 e. The molecule has 1 aromatic carbocycles. The molecule has 0 amide bonds. The zero-order chi connectivity index (χ0) is 19.9. The summed E-state index contributed by atoms with van der Waals surface area (Å²) in [5.41, 5.74) is 4.63. The van der Waals surface area contributed by atoms with Gasteiger partial charge in [-0.3, -0.25) is 9.79 Å². The van der Waals surface area contributed by atoms with Crippen LogP contribution in [-0.4, -0.2) is 38.6 Å². The molecular formula is C22H23N3O3. The van der Waals surface area contributed by atoms with Crippen LogP contribution in [0.4, 0.5) is 0 Å². The van der Waals surface area contributed by atoms with Gasteiger partial charge in [0.25, 0.3) is 0 Å². The van der Waals surface area contributed by atoms with Gasteiger partial charge in [-0.15, -0.1) is 0 Å². The first-order valence-corrected chi connectivity index (χ1v) is 9.50. The minimum absolute atomic E-state index is 0.127. The molecule has 6 heteroatoms. The average Bonchev–Trinajstić information content (AvgIpc) is 3.16. The molecule has 144 valence electrons. The molecule has 1 unspecified atom stereocenters. The van der Waals surface area contributed by atoms with Gasteiger partial charge in [-0.25, -0.2) is 9.78 Å². The van der Waals surface area contributed by atoms with Crippen molar-refractivity contribution in [1.29, 1.82) is 0 Å². The van der Waals surface area contributed by atoms with Gasteiger partial charge in [0.15, 0.2) is 6.04 Å². The Balaban J connectivity index is 1.80. The number of fused-ring (bicyclic) bond motifs is 2.